The van der Waals surface area contributed by atoms with Gasteiger partial charge in [-0.05, 0) is 31.5 Å². The first-order valence-electron chi connectivity index (χ1n) is 6.96. The van der Waals surface area contributed by atoms with Crippen molar-refractivity contribution in [2.75, 3.05) is 13.1 Å². The Morgan fingerprint density at radius 3 is 2.73 bits per heavy atom. The van der Waals surface area contributed by atoms with Gasteiger partial charge in [0.25, 0.3) is 5.91 Å². The number of hydrogen-bond acceptors (Lipinski definition) is 3. The molecule has 1 aromatic rings. The molecule has 0 bridgehead atoms. The van der Waals surface area contributed by atoms with Crippen LogP contribution in [-0.2, 0) is 9.59 Å². The Morgan fingerprint density at radius 2 is 2.14 bits per heavy atom. The molecule has 2 unspecified atom stereocenters. The number of amides is 2. The zero-order chi connectivity index (χ0) is 16.3. The van der Waals surface area contributed by atoms with Crippen LogP contribution < -0.4 is 5.32 Å². The lowest BCUT2D eigenvalue weighted by molar-refractivity contribution is -0.143. The number of nitrogens with zero attached hydrogens (tertiary/aromatic N) is 1. The zero-order valence-electron chi connectivity index (χ0n) is 12.1. The molecule has 1 heterocycles. The summed E-state index contributed by atoms with van der Waals surface area (Å²) < 4.78 is 13.0. The van der Waals surface area contributed by atoms with Crippen molar-refractivity contribution in [3.63, 3.8) is 0 Å². The first kappa shape index (κ1) is 15.9. The van der Waals surface area contributed by atoms with Crippen LogP contribution in [-0.4, -0.2) is 46.9 Å². The Kier molecular flexibility index (Phi) is 4.75. The summed E-state index contributed by atoms with van der Waals surface area (Å²) in [5.41, 5.74) is 0.130. The molecule has 118 valence electrons. The van der Waals surface area contributed by atoms with E-state index in [1.54, 1.807) is 6.92 Å². The van der Waals surface area contributed by atoms with Gasteiger partial charge in [0.1, 0.15) is 5.82 Å². The molecule has 0 radical (unpaired) electrons. The Balaban J connectivity index is 1.91. The highest BCUT2D eigenvalue weighted by Gasteiger charge is 2.37. The molecule has 0 saturated carbocycles. The number of carboxylic acids is 1. The molecule has 2 amide bonds. The third kappa shape index (κ3) is 3.41. The van der Waals surface area contributed by atoms with E-state index in [0.717, 1.165) is 6.07 Å². The van der Waals surface area contributed by atoms with Crippen molar-refractivity contribution in [3.05, 3.63) is 35.6 Å². The maximum absolute atomic E-state index is 13.0. The number of aliphatic carboxylic acids is 1. The molecule has 7 heteroatoms. The average molecular weight is 308 g/mol. The normalized spacial score (nSPS) is 20.7. The van der Waals surface area contributed by atoms with E-state index in [4.69, 9.17) is 5.11 Å². The summed E-state index contributed by atoms with van der Waals surface area (Å²) >= 11 is 0. The van der Waals surface area contributed by atoms with Crippen molar-refractivity contribution in [1.29, 1.82) is 0 Å². The third-order valence-corrected chi connectivity index (χ3v) is 3.88. The molecule has 0 aliphatic carbocycles. The van der Waals surface area contributed by atoms with Gasteiger partial charge in [0.2, 0.25) is 5.91 Å². The van der Waals surface area contributed by atoms with Gasteiger partial charge >= 0.3 is 5.97 Å². The van der Waals surface area contributed by atoms with Gasteiger partial charge in [-0.25, -0.2) is 4.39 Å². The molecule has 6 nitrogen and oxygen atoms in total. The van der Waals surface area contributed by atoms with Crippen molar-refractivity contribution in [2.24, 2.45) is 5.92 Å². The second kappa shape index (κ2) is 6.55. The van der Waals surface area contributed by atoms with E-state index in [0.29, 0.717) is 13.0 Å². The molecule has 1 aliphatic rings. The summed E-state index contributed by atoms with van der Waals surface area (Å²) in [6.45, 7) is 1.79. The highest BCUT2D eigenvalue weighted by Crippen LogP contribution is 2.24. The zero-order valence-corrected chi connectivity index (χ0v) is 12.1. The number of rotatable bonds is 4. The van der Waals surface area contributed by atoms with Crippen LogP contribution in [0.5, 0.6) is 0 Å². The average Bonchev–Trinajstić information content (AvgIpc) is 2.86. The van der Waals surface area contributed by atoms with Crippen LogP contribution in [0, 0.1) is 11.7 Å². The second-order valence-corrected chi connectivity index (χ2v) is 5.25. The number of benzene rings is 1. The second-order valence-electron chi connectivity index (χ2n) is 5.25. The minimum absolute atomic E-state index is 0.130. The highest BCUT2D eigenvalue weighted by molar-refractivity contribution is 5.96. The largest absolute Gasteiger partial charge is 0.481 e. The molecule has 1 saturated heterocycles. The Labute approximate surface area is 126 Å². The first-order valence-corrected chi connectivity index (χ1v) is 6.96. The van der Waals surface area contributed by atoms with Crippen LogP contribution >= 0.6 is 0 Å². The highest BCUT2D eigenvalue weighted by atomic mass is 19.1. The van der Waals surface area contributed by atoms with Crippen molar-refractivity contribution >= 4 is 17.8 Å². The van der Waals surface area contributed by atoms with Crippen LogP contribution in [0.4, 0.5) is 4.39 Å². The van der Waals surface area contributed by atoms with Gasteiger partial charge in [0, 0.05) is 18.2 Å². The molecule has 0 spiro atoms. The van der Waals surface area contributed by atoms with Gasteiger partial charge in [-0.3, -0.25) is 14.4 Å². The van der Waals surface area contributed by atoms with E-state index in [9.17, 15) is 18.8 Å². The fourth-order valence-corrected chi connectivity index (χ4v) is 2.61. The van der Waals surface area contributed by atoms with E-state index in [1.807, 2.05) is 0 Å². The maximum atomic E-state index is 13.0. The quantitative estimate of drug-likeness (QED) is 0.864. The molecule has 1 aromatic carbocycles. The lowest BCUT2D eigenvalue weighted by Crippen LogP contribution is -2.43. The SMILES string of the molecule is CC1C(C(=O)O)CCN1C(=O)CNC(=O)c1cccc(F)c1. The fourth-order valence-electron chi connectivity index (χ4n) is 2.61. The van der Waals surface area contributed by atoms with Crippen LogP contribution in [0.2, 0.25) is 0 Å². The summed E-state index contributed by atoms with van der Waals surface area (Å²) in [5, 5.41) is 11.5. The van der Waals surface area contributed by atoms with E-state index >= 15 is 0 Å². The van der Waals surface area contributed by atoms with Gasteiger partial charge in [0.15, 0.2) is 0 Å². The number of nitrogens with one attached hydrogen (secondary N) is 1. The van der Waals surface area contributed by atoms with Gasteiger partial charge in [-0.15, -0.1) is 0 Å². The lowest BCUT2D eigenvalue weighted by Gasteiger charge is -2.23. The van der Waals surface area contributed by atoms with Crippen molar-refractivity contribution in [2.45, 2.75) is 19.4 Å². The number of halogens is 1. The Morgan fingerprint density at radius 1 is 1.41 bits per heavy atom. The summed E-state index contributed by atoms with van der Waals surface area (Å²) in [6.07, 6.45) is 0.403. The standard InChI is InChI=1S/C15H17FN2O4/c1-9-12(15(21)22)5-6-18(9)13(19)8-17-14(20)10-3-2-4-11(16)7-10/h2-4,7,9,12H,5-6,8H2,1H3,(H,17,20)(H,21,22). The van der Waals surface area contributed by atoms with E-state index in [-0.39, 0.29) is 18.0 Å². The first-order chi connectivity index (χ1) is 10.4. The summed E-state index contributed by atoms with van der Waals surface area (Å²) in [7, 11) is 0. The van der Waals surface area contributed by atoms with E-state index in [2.05, 4.69) is 5.32 Å². The minimum Gasteiger partial charge on any atom is -0.481 e. The van der Waals surface area contributed by atoms with Crippen LogP contribution in [0.3, 0.4) is 0 Å². The van der Waals surface area contributed by atoms with Crippen LogP contribution in [0.15, 0.2) is 24.3 Å². The van der Waals surface area contributed by atoms with Crippen molar-refractivity contribution < 1.29 is 23.9 Å². The number of hydrogen-bond donors (Lipinski definition) is 2. The lowest BCUT2D eigenvalue weighted by atomic mass is 10.0. The van der Waals surface area contributed by atoms with Crippen LogP contribution in [0.25, 0.3) is 0 Å². The molecule has 1 aliphatic heterocycles. The van der Waals surface area contributed by atoms with E-state index < -0.39 is 29.7 Å². The molecule has 1 fully saturated rings. The van der Waals surface area contributed by atoms with Gasteiger partial charge < -0.3 is 15.3 Å². The molecular formula is C15H17FN2O4. The minimum atomic E-state index is -0.924. The van der Waals surface area contributed by atoms with Gasteiger partial charge in [-0.1, -0.05) is 6.07 Å². The van der Waals surface area contributed by atoms with Gasteiger partial charge in [0.05, 0.1) is 12.5 Å². The molecule has 2 N–H and O–H groups in total. The summed E-state index contributed by atoms with van der Waals surface area (Å²) in [4.78, 5) is 36.4. The third-order valence-electron chi connectivity index (χ3n) is 3.88. The van der Waals surface area contributed by atoms with Crippen molar-refractivity contribution in [1.82, 2.24) is 10.2 Å². The number of likely N-dealkylation sites (tertiary alicyclic amines) is 1. The Hall–Kier alpha value is -2.44. The maximum Gasteiger partial charge on any atom is 0.308 e. The van der Waals surface area contributed by atoms with Gasteiger partial charge in [-0.2, -0.15) is 0 Å². The molecule has 2 atom stereocenters. The van der Waals surface area contributed by atoms with E-state index in [1.165, 1.54) is 23.1 Å². The predicted octanol–water partition coefficient (Wildman–Crippen LogP) is 0.877. The summed E-state index contributed by atoms with van der Waals surface area (Å²) in [5.74, 6) is -2.93. The number of carbonyl (C=O) groups is 3. The molecular weight excluding hydrogens is 291 g/mol. The fraction of sp³-hybridized carbons (Fsp3) is 0.400. The topological polar surface area (TPSA) is 86.7 Å². The predicted molar refractivity (Wildman–Crippen MR) is 75.7 cm³/mol. The monoisotopic (exact) mass is 308 g/mol. The number of carboxylic acid groups (broad SMARTS) is 1. The molecule has 22 heavy (non-hydrogen) atoms. The van der Waals surface area contributed by atoms with Crippen LogP contribution in [0.1, 0.15) is 23.7 Å². The van der Waals surface area contributed by atoms with Crippen molar-refractivity contribution in [3.8, 4) is 0 Å². The number of carbonyl (C=O) groups excluding carboxylic acids is 2. The molecule has 2 rings (SSSR count). The summed E-state index contributed by atoms with van der Waals surface area (Å²) in [6, 6.07) is 4.75. The Bertz CT molecular complexity index is 605. The smallest absolute Gasteiger partial charge is 0.308 e. The molecule has 0 aromatic heterocycles.